The molecule has 7 heteroatoms. The summed E-state index contributed by atoms with van der Waals surface area (Å²) < 4.78 is 30.5. The molecule has 8 rings (SSSR count). The van der Waals surface area contributed by atoms with E-state index >= 15 is 0 Å². The van der Waals surface area contributed by atoms with Crippen LogP contribution in [0.5, 0.6) is 0 Å². The predicted molar refractivity (Wildman–Crippen MR) is 220 cm³/mol. The number of unbranched alkanes of at least 4 members (excludes halogenated alkanes) is 1. The monoisotopic (exact) mass is 763 g/mol. The molecule has 54 heavy (non-hydrogen) atoms. The molecule has 0 aromatic rings. The molecule has 0 spiro atoms. The van der Waals surface area contributed by atoms with Crippen molar-refractivity contribution in [3.8, 4) is 0 Å². The van der Waals surface area contributed by atoms with Crippen LogP contribution in [0.15, 0.2) is 35.5 Å². The first-order valence-electron chi connectivity index (χ1n) is 22.4. The van der Waals surface area contributed by atoms with Crippen LogP contribution in [0.1, 0.15) is 145 Å². The second kappa shape index (κ2) is 13.8. The maximum atomic E-state index is 12.8. The normalized spacial score (nSPS) is 46.1. The second-order valence-electron chi connectivity index (χ2n) is 21.4. The van der Waals surface area contributed by atoms with Gasteiger partial charge < -0.3 is 10.1 Å². The van der Waals surface area contributed by atoms with Gasteiger partial charge in [-0.2, -0.15) is 0 Å². The van der Waals surface area contributed by atoms with Gasteiger partial charge >= 0.3 is 5.97 Å². The minimum absolute atomic E-state index is 0.00928. The molecule has 1 unspecified atom stereocenters. The Balaban J connectivity index is 0.999. The van der Waals surface area contributed by atoms with E-state index in [2.05, 4.69) is 77.4 Å². The van der Waals surface area contributed by atoms with Gasteiger partial charge in [-0.05, 0) is 159 Å². The van der Waals surface area contributed by atoms with Crippen molar-refractivity contribution < 1.29 is 17.9 Å². The van der Waals surface area contributed by atoms with E-state index in [1.54, 1.807) is 5.57 Å². The zero-order valence-electron chi connectivity index (χ0n) is 35.1. The number of allylic oxidation sites excluding steroid dienone is 5. The van der Waals surface area contributed by atoms with Gasteiger partial charge in [-0.3, -0.25) is 9.69 Å². The third kappa shape index (κ3) is 5.94. The van der Waals surface area contributed by atoms with Crippen LogP contribution in [-0.2, 0) is 19.4 Å². The summed E-state index contributed by atoms with van der Waals surface area (Å²) in [5.74, 6) is 3.70. The lowest BCUT2D eigenvalue weighted by Crippen LogP contribution is -2.68. The summed E-state index contributed by atoms with van der Waals surface area (Å²) in [6.45, 7) is 25.6. The van der Waals surface area contributed by atoms with E-state index in [0.29, 0.717) is 46.9 Å². The molecule has 2 heterocycles. The molecule has 2 aliphatic heterocycles. The molecule has 8 aliphatic rings. The van der Waals surface area contributed by atoms with Gasteiger partial charge in [0.25, 0.3) is 0 Å². The van der Waals surface area contributed by atoms with Crippen molar-refractivity contribution in [1.29, 1.82) is 0 Å². The SMILES string of the molecule is C=C(C)[C@@H]1CC[C@]2(NCCN3C[C@@H]4CC3CS4(=O)=O)CC[C@]3(C)[C@H](CC[C@@H]4[C@@]5(C)CC=C(C6=CC[C@@H](C(=O)OCCCC)CC6)C(C)(C)[C@@H]5CC[C@]43C)[C@@H]12. The number of nitrogens with zero attached hydrogens (tertiary/aromatic N) is 1. The van der Waals surface area contributed by atoms with Gasteiger partial charge in [0.1, 0.15) is 0 Å². The summed E-state index contributed by atoms with van der Waals surface area (Å²) in [6, 6.07) is 0.233. The summed E-state index contributed by atoms with van der Waals surface area (Å²) in [4.78, 5) is 15.3. The molecule has 1 N–H and O–H groups in total. The Labute approximate surface area is 329 Å². The lowest BCUT2D eigenvalue weighted by molar-refractivity contribution is -0.221. The number of rotatable bonds is 10. The number of carbonyl (C=O) groups is 1. The second-order valence-corrected chi connectivity index (χ2v) is 23.7. The Morgan fingerprint density at radius 1 is 0.981 bits per heavy atom. The highest BCUT2D eigenvalue weighted by Gasteiger charge is 2.70. The molecule has 4 saturated carbocycles. The summed E-state index contributed by atoms with van der Waals surface area (Å²) in [6.07, 6.45) is 22.2. The number of ether oxygens (including phenoxy) is 1. The average molecular weight is 763 g/mol. The Morgan fingerprint density at radius 3 is 2.44 bits per heavy atom. The Hall–Kier alpha value is -1.44. The Bertz CT molecular complexity index is 1680. The van der Waals surface area contributed by atoms with Gasteiger partial charge in [-0.25, -0.2) is 8.42 Å². The number of likely N-dealkylation sites (tertiary alicyclic amines) is 1. The number of nitrogens with one attached hydrogen (secondary N) is 1. The van der Waals surface area contributed by atoms with Crippen molar-refractivity contribution >= 4 is 15.8 Å². The van der Waals surface area contributed by atoms with Gasteiger partial charge in [-0.1, -0.05) is 72.3 Å². The zero-order chi connectivity index (χ0) is 38.5. The number of hydrogen-bond donors (Lipinski definition) is 1. The molecular weight excluding hydrogens is 689 g/mol. The van der Waals surface area contributed by atoms with Gasteiger partial charge in [-0.15, -0.1) is 0 Å². The predicted octanol–water partition coefficient (Wildman–Crippen LogP) is 9.46. The Morgan fingerprint density at radius 2 is 1.78 bits per heavy atom. The quantitative estimate of drug-likeness (QED) is 0.136. The van der Waals surface area contributed by atoms with Crippen LogP contribution >= 0.6 is 0 Å². The molecule has 6 aliphatic carbocycles. The maximum absolute atomic E-state index is 12.8. The van der Waals surface area contributed by atoms with Crippen LogP contribution in [-0.4, -0.2) is 68.1 Å². The van der Waals surface area contributed by atoms with Crippen molar-refractivity contribution in [2.45, 2.75) is 162 Å². The number of fused-ring (bicyclic) bond motifs is 9. The number of hydrogen-bond acceptors (Lipinski definition) is 6. The third-order valence-corrected chi connectivity index (χ3v) is 21.0. The van der Waals surface area contributed by atoms with Crippen molar-refractivity contribution in [1.82, 2.24) is 10.2 Å². The molecular formula is C47H74N2O4S. The first-order chi connectivity index (χ1) is 25.5. The fraction of sp³-hybridized carbons (Fsp3) is 0.851. The van der Waals surface area contributed by atoms with Crippen LogP contribution in [0.3, 0.4) is 0 Å². The average Bonchev–Trinajstić information content (AvgIpc) is 3.79. The highest BCUT2D eigenvalue weighted by molar-refractivity contribution is 7.92. The molecule has 2 bridgehead atoms. The summed E-state index contributed by atoms with van der Waals surface area (Å²) in [7, 11) is -2.86. The van der Waals surface area contributed by atoms with Gasteiger partial charge in [0.2, 0.25) is 0 Å². The molecule has 0 aromatic heterocycles. The lowest BCUT2D eigenvalue weighted by Gasteiger charge is -2.72. The van der Waals surface area contributed by atoms with E-state index < -0.39 is 9.84 Å². The van der Waals surface area contributed by atoms with Crippen molar-refractivity contribution in [2.75, 3.05) is 32.0 Å². The number of carbonyl (C=O) groups excluding carboxylic acids is 1. The van der Waals surface area contributed by atoms with Crippen LogP contribution in [0.4, 0.5) is 0 Å². The summed E-state index contributed by atoms with van der Waals surface area (Å²) >= 11 is 0. The standard InChI is InChI=1S/C47H74N2O4S/c1-9-10-27-53-42(50)33-13-11-32(12-14-33)37-18-20-44(6)39(43(37,4)5)19-21-46(8)40(44)16-15-38-41-36(31(2)3)17-22-47(41,24-23-45(38,46)7)48-25-26-49-29-35-28-34(49)30-54(35,51)52/h11,18,33-36,38-41,48H,2,9-10,12-17,19-30H2,1,3-8H3/t33-,34?,35+,36+,38-,39+,40-,41-,44+,45-,46-,47+/m1/s1. The maximum Gasteiger partial charge on any atom is 0.309 e. The molecule has 2 saturated heterocycles. The minimum atomic E-state index is -2.86. The van der Waals surface area contributed by atoms with E-state index in [1.165, 1.54) is 68.9 Å². The van der Waals surface area contributed by atoms with Crippen molar-refractivity contribution in [3.05, 3.63) is 35.5 Å². The van der Waals surface area contributed by atoms with Crippen LogP contribution in [0, 0.1) is 57.2 Å². The molecule has 6 fully saturated rings. The molecule has 12 atom stereocenters. The molecule has 6 nitrogen and oxygen atoms in total. The number of esters is 1. The molecule has 0 amide bonds. The molecule has 0 radical (unpaired) electrons. The molecule has 302 valence electrons. The minimum Gasteiger partial charge on any atom is -0.465 e. The van der Waals surface area contributed by atoms with Crippen molar-refractivity contribution in [3.63, 3.8) is 0 Å². The van der Waals surface area contributed by atoms with E-state index in [0.717, 1.165) is 64.1 Å². The van der Waals surface area contributed by atoms with Crippen LogP contribution < -0.4 is 5.32 Å². The third-order valence-electron chi connectivity index (χ3n) is 18.8. The van der Waals surface area contributed by atoms with E-state index in [1.807, 2.05) is 0 Å². The summed E-state index contributed by atoms with van der Waals surface area (Å²) in [5, 5.41) is 4.14. The Kier molecular flexibility index (Phi) is 10.1. The largest absolute Gasteiger partial charge is 0.465 e. The van der Waals surface area contributed by atoms with E-state index in [-0.39, 0.29) is 39.5 Å². The van der Waals surface area contributed by atoms with Crippen LogP contribution in [0.25, 0.3) is 0 Å². The first kappa shape index (κ1) is 39.4. The van der Waals surface area contributed by atoms with Gasteiger partial charge in [0, 0.05) is 31.2 Å². The first-order valence-corrected chi connectivity index (χ1v) is 24.1. The van der Waals surface area contributed by atoms with E-state index in [4.69, 9.17) is 4.74 Å². The van der Waals surface area contributed by atoms with E-state index in [9.17, 15) is 13.2 Å². The topological polar surface area (TPSA) is 75.7 Å². The lowest BCUT2D eigenvalue weighted by atomic mass is 9.33. The van der Waals surface area contributed by atoms with Gasteiger partial charge in [0.05, 0.1) is 23.5 Å². The van der Waals surface area contributed by atoms with Gasteiger partial charge in [0.15, 0.2) is 9.84 Å². The fourth-order valence-corrected chi connectivity index (χ4v) is 17.9. The highest BCUT2D eigenvalue weighted by atomic mass is 32.2. The number of sulfone groups is 1. The highest BCUT2D eigenvalue weighted by Crippen LogP contribution is 2.76. The fourth-order valence-electron chi connectivity index (χ4n) is 15.8. The van der Waals surface area contributed by atoms with Crippen molar-refractivity contribution in [2.24, 2.45) is 57.2 Å². The van der Waals surface area contributed by atoms with Crippen LogP contribution in [0.2, 0.25) is 0 Å². The summed E-state index contributed by atoms with van der Waals surface area (Å²) in [5.41, 5.74) is 5.68. The smallest absolute Gasteiger partial charge is 0.309 e. The zero-order valence-corrected chi connectivity index (χ0v) is 35.9. The molecule has 0 aromatic carbocycles.